The molecule has 0 radical (unpaired) electrons. The number of nitrogens with zero attached hydrogens (tertiary/aromatic N) is 1. The fourth-order valence-electron chi connectivity index (χ4n) is 3.30. The van der Waals surface area contributed by atoms with Gasteiger partial charge < -0.3 is 10.2 Å². The molecule has 2 rings (SSSR count). The van der Waals surface area contributed by atoms with Gasteiger partial charge in [0.05, 0.1) is 0 Å². The SMILES string of the molecule is CC(C)CN1CCC(NCC2(C(C)C)CC2)CC1. The smallest absolute Gasteiger partial charge is 0.00916 e. The Morgan fingerprint density at radius 1 is 1.11 bits per heavy atom. The fourth-order valence-corrected chi connectivity index (χ4v) is 3.30. The van der Waals surface area contributed by atoms with E-state index in [1.165, 1.54) is 51.9 Å². The van der Waals surface area contributed by atoms with Crippen molar-refractivity contribution in [1.29, 1.82) is 0 Å². The Hall–Kier alpha value is -0.0800. The monoisotopic (exact) mass is 252 g/mol. The average molecular weight is 252 g/mol. The molecule has 1 saturated heterocycles. The fraction of sp³-hybridized carbons (Fsp3) is 1.00. The molecule has 1 heterocycles. The predicted molar refractivity (Wildman–Crippen MR) is 78.8 cm³/mol. The Balaban J connectivity index is 1.65. The summed E-state index contributed by atoms with van der Waals surface area (Å²) < 4.78 is 0. The van der Waals surface area contributed by atoms with E-state index in [-0.39, 0.29) is 0 Å². The Morgan fingerprint density at radius 2 is 1.72 bits per heavy atom. The van der Waals surface area contributed by atoms with Crippen molar-refractivity contribution in [2.45, 2.75) is 59.4 Å². The zero-order chi connectivity index (χ0) is 13.2. The van der Waals surface area contributed by atoms with E-state index in [9.17, 15) is 0 Å². The third-order valence-electron chi connectivity index (χ3n) is 5.07. The molecule has 2 aliphatic rings. The highest BCUT2D eigenvalue weighted by Crippen LogP contribution is 2.51. The maximum Gasteiger partial charge on any atom is 0.00916 e. The maximum atomic E-state index is 3.85. The second-order valence-electron chi connectivity index (χ2n) is 7.37. The summed E-state index contributed by atoms with van der Waals surface area (Å²) in [7, 11) is 0. The number of piperidine rings is 1. The van der Waals surface area contributed by atoms with E-state index in [0.717, 1.165) is 17.9 Å². The minimum absolute atomic E-state index is 0.662. The lowest BCUT2D eigenvalue weighted by atomic mass is 9.91. The van der Waals surface area contributed by atoms with Crippen molar-refractivity contribution in [3.05, 3.63) is 0 Å². The van der Waals surface area contributed by atoms with Crippen LogP contribution in [-0.4, -0.2) is 37.1 Å². The first-order valence-electron chi connectivity index (χ1n) is 7.97. The van der Waals surface area contributed by atoms with Gasteiger partial charge in [0.25, 0.3) is 0 Å². The molecule has 1 aliphatic heterocycles. The molecule has 0 aromatic rings. The molecular formula is C16H32N2. The van der Waals surface area contributed by atoms with Gasteiger partial charge in [-0.25, -0.2) is 0 Å². The van der Waals surface area contributed by atoms with Crippen LogP contribution in [-0.2, 0) is 0 Å². The molecule has 0 bridgehead atoms. The summed E-state index contributed by atoms with van der Waals surface area (Å²) in [5.41, 5.74) is 0.662. The number of hydrogen-bond donors (Lipinski definition) is 1. The first kappa shape index (κ1) is 14.3. The van der Waals surface area contributed by atoms with Gasteiger partial charge in [-0.3, -0.25) is 0 Å². The van der Waals surface area contributed by atoms with Gasteiger partial charge in [-0.15, -0.1) is 0 Å². The van der Waals surface area contributed by atoms with Crippen molar-refractivity contribution < 1.29 is 0 Å². The van der Waals surface area contributed by atoms with Crippen LogP contribution < -0.4 is 5.32 Å². The molecule has 0 aromatic carbocycles. The normalized spacial score (nSPS) is 25.0. The van der Waals surface area contributed by atoms with Crippen molar-refractivity contribution in [3.63, 3.8) is 0 Å². The van der Waals surface area contributed by atoms with E-state index in [1.807, 2.05) is 0 Å². The van der Waals surface area contributed by atoms with Crippen molar-refractivity contribution in [1.82, 2.24) is 10.2 Å². The largest absolute Gasteiger partial charge is 0.313 e. The third-order valence-corrected chi connectivity index (χ3v) is 5.07. The molecule has 106 valence electrons. The average Bonchev–Trinajstić information content (AvgIpc) is 3.08. The van der Waals surface area contributed by atoms with Crippen LogP contribution in [0.5, 0.6) is 0 Å². The molecule has 2 heteroatoms. The van der Waals surface area contributed by atoms with Gasteiger partial charge in [0.1, 0.15) is 0 Å². The van der Waals surface area contributed by atoms with Gasteiger partial charge in [0.15, 0.2) is 0 Å². The molecule has 1 saturated carbocycles. The van der Waals surface area contributed by atoms with Crippen LogP contribution in [0.2, 0.25) is 0 Å². The van der Waals surface area contributed by atoms with Crippen LogP contribution >= 0.6 is 0 Å². The first-order chi connectivity index (χ1) is 8.52. The number of nitrogens with one attached hydrogen (secondary N) is 1. The molecule has 2 fully saturated rings. The Kier molecular flexibility index (Phi) is 4.71. The van der Waals surface area contributed by atoms with Crippen LogP contribution in [0.3, 0.4) is 0 Å². The molecule has 0 aromatic heterocycles. The molecule has 2 nitrogen and oxygen atoms in total. The summed E-state index contributed by atoms with van der Waals surface area (Å²) in [5, 5.41) is 3.85. The molecule has 1 aliphatic carbocycles. The van der Waals surface area contributed by atoms with Gasteiger partial charge in [0, 0.05) is 19.1 Å². The minimum atomic E-state index is 0.662. The Labute approximate surface area is 114 Å². The number of rotatable bonds is 6. The molecule has 0 unspecified atom stereocenters. The highest BCUT2D eigenvalue weighted by atomic mass is 15.1. The highest BCUT2D eigenvalue weighted by Gasteiger charge is 2.45. The standard InChI is InChI=1S/C16H32N2/c1-13(2)11-18-9-5-15(6-10-18)17-12-16(7-8-16)14(3)4/h13-15,17H,5-12H2,1-4H3. The zero-order valence-corrected chi connectivity index (χ0v) is 12.8. The summed E-state index contributed by atoms with van der Waals surface area (Å²) in [6.07, 6.45) is 5.59. The van der Waals surface area contributed by atoms with E-state index in [4.69, 9.17) is 0 Å². The summed E-state index contributed by atoms with van der Waals surface area (Å²) >= 11 is 0. The van der Waals surface area contributed by atoms with Gasteiger partial charge in [0.2, 0.25) is 0 Å². The lowest BCUT2D eigenvalue weighted by Gasteiger charge is -2.34. The van der Waals surface area contributed by atoms with Crippen LogP contribution in [0.1, 0.15) is 53.4 Å². The molecular weight excluding hydrogens is 220 g/mol. The van der Waals surface area contributed by atoms with Crippen molar-refractivity contribution >= 4 is 0 Å². The van der Waals surface area contributed by atoms with Crippen LogP contribution in [0.15, 0.2) is 0 Å². The number of hydrogen-bond acceptors (Lipinski definition) is 2. The van der Waals surface area contributed by atoms with E-state index >= 15 is 0 Å². The van der Waals surface area contributed by atoms with E-state index in [0.29, 0.717) is 5.41 Å². The van der Waals surface area contributed by atoms with E-state index in [1.54, 1.807) is 0 Å². The second-order valence-corrected chi connectivity index (χ2v) is 7.37. The molecule has 1 N–H and O–H groups in total. The summed E-state index contributed by atoms with van der Waals surface area (Å²) in [6.45, 7) is 14.6. The van der Waals surface area contributed by atoms with Gasteiger partial charge in [-0.05, 0) is 56.0 Å². The predicted octanol–water partition coefficient (Wildman–Crippen LogP) is 3.13. The highest BCUT2D eigenvalue weighted by molar-refractivity contribution is 4.98. The van der Waals surface area contributed by atoms with Gasteiger partial charge in [-0.2, -0.15) is 0 Å². The summed E-state index contributed by atoms with van der Waals surface area (Å²) in [5.74, 6) is 1.66. The van der Waals surface area contributed by atoms with Gasteiger partial charge in [-0.1, -0.05) is 27.7 Å². The van der Waals surface area contributed by atoms with E-state index in [2.05, 4.69) is 37.9 Å². The maximum absolute atomic E-state index is 3.85. The third kappa shape index (κ3) is 3.71. The quantitative estimate of drug-likeness (QED) is 0.781. The first-order valence-corrected chi connectivity index (χ1v) is 7.97. The Morgan fingerprint density at radius 3 is 2.17 bits per heavy atom. The summed E-state index contributed by atoms with van der Waals surface area (Å²) in [6, 6.07) is 0.782. The Bertz CT molecular complexity index is 248. The summed E-state index contributed by atoms with van der Waals surface area (Å²) in [4.78, 5) is 2.64. The molecule has 0 spiro atoms. The minimum Gasteiger partial charge on any atom is -0.313 e. The topological polar surface area (TPSA) is 15.3 Å². The van der Waals surface area contributed by atoms with Crippen LogP contribution in [0, 0.1) is 17.3 Å². The van der Waals surface area contributed by atoms with Crippen molar-refractivity contribution in [2.24, 2.45) is 17.3 Å². The lowest BCUT2D eigenvalue weighted by molar-refractivity contribution is 0.173. The van der Waals surface area contributed by atoms with Gasteiger partial charge >= 0.3 is 0 Å². The van der Waals surface area contributed by atoms with E-state index < -0.39 is 0 Å². The van der Waals surface area contributed by atoms with Crippen LogP contribution in [0.4, 0.5) is 0 Å². The number of likely N-dealkylation sites (tertiary alicyclic amines) is 1. The molecule has 18 heavy (non-hydrogen) atoms. The lowest BCUT2D eigenvalue weighted by Crippen LogP contribution is -2.45. The van der Waals surface area contributed by atoms with Crippen molar-refractivity contribution in [3.8, 4) is 0 Å². The zero-order valence-electron chi connectivity index (χ0n) is 12.8. The molecule has 0 amide bonds. The van der Waals surface area contributed by atoms with Crippen molar-refractivity contribution in [2.75, 3.05) is 26.2 Å². The van der Waals surface area contributed by atoms with Crippen LogP contribution in [0.25, 0.3) is 0 Å². The molecule has 0 atom stereocenters. The second kappa shape index (κ2) is 5.92.